The summed E-state index contributed by atoms with van der Waals surface area (Å²) in [5, 5.41) is 30.2. The highest BCUT2D eigenvalue weighted by atomic mass is 16.6. The molecule has 9 nitrogen and oxygen atoms in total. The first-order chi connectivity index (χ1) is 16.0. The number of nitrogens with zero attached hydrogens (tertiary/aromatic N) is 4. The van der Waals surface area contributed by atoms with E-state index in [1.165, 1.54) is 24.1 Å². The lowest BCUT2D eigenvalue weighted by atomic mass is 9.58. The third kappa shape index (κ3) is 4.07. The van der Waals surface area contributed by atoms with E-state index >= 15 is 0 Å². The molecule has 1 aromatic rings. The summed E-state index contributed by atoms with van der Waals surface area (Å²) >= 11 is 0. The van der Waals surface area contributed by atoms with Crippen LogP contribution in [0, 0.1) is 45.3 Å². The van der Waals surface area contributed by atoms with Crippen LogP contribution in [0.4, 0.5) is 4.79 Å². The molecule has 1 aliphatic carbocycles. The van der Waals surface area contributed by atoms with E-state index in [4.69, 9.17) is 15.2 Å². The Balaban J connectivity index is 2.17. The van der Waals surface area contributed by atoms with E-state index < -0.39 is 34.9 Å². The van der Waals surface area contributed by atoms with Crippen molar-refractivity contribution in [3.05, 3.63) is 58.3 Å². The Labute approximate surface area is 198 Å². The third-order valence-electron chi connectivity index (χ3n) is 6.01. The van der Waals surface area contributed by atoms with Gasteiger partial charge in [-0.15, -0.1) is 0 Å². The summed E-state index contributed by atoms with van der Waals surface area (Å²) in [6.45, 7) is 5.59. The molecule has 0 saturated carbocycles. The highest BCUT2D eigenvalue weighted by Gasteiger charge is 2.54. The predicted molar refractivity (Wildman–Crippen MR) is 120 cm³/mol. The van der Waals surface area contributed by atoms with Gasteiger partial charge in [-0.2, -0.15) is 15.8 Å². The van der Waals surface area contributed by atoms with Crippen LogP contribution in [0.3, 0.4) is 0 Å². The standard InChI is InChI=1S/C25H25N5O4/c1-24(2,3)34-23(32)30-10-9-17-18(11-26)21(29)25(13-27,14-28)20(19(17)12-30)15-5-7-16(8-6-15)22(31)33-4/h5-9,19-20H,10,12,29H2,1-4H3. The molecular formula is C25H25N5O4. The molecule has 0 radical (unpaired) electrons. The summed E-state index contributed by atoms with van der Waals surface area (Å²) in [6, 6.07) is 12.5. The normalized spacial score (nSPS) is 21.2. The van der Waals surface area contributed by atoms with Gasteiger partial charge in [0.05, 0.1) is 36.1 Å². The summed E-state index contributed by atoms with van der Waals surface area (Å²) in [6.07, 6.45) is 1.18. The summed E-state index contributed by atoms with van der Waals surface area (Å²) in [7, 11) is 1.27. The van der Waals surface area contributed by atoms with Crippen molar-refractivity contribution in [2.75, 3.05) is 20.2 Å². The number of nitriles is 3. The average Bonchev–Trinajstić information content (AvgIpc) is 2.81. The molecular weight excluding hydrogens is 434 g/mol. The Bertz CT molecular complexity index is 1190. The van der Waals surface area contributed by atoms with Gasteiger partial charge in [-0.05, 0) is 44.0 Å². The van der Waals surface area contributed by atoms with Crippen molar-refractivity contribution < 1.29 is 19.1 Å². The van der Waals surface area contributed by atoms with Crippen LogP contribution < -0.4 is 5.73 Å². The average molecular weight is 460 g/mol. The lowest BCUT2D eigenvalue weighted by molar-refractivity contribution is 0.0224. The number of carbonyl (C=O) groups is 2. The number of nitrogens with two attached hydrogens (primary N) is 1. The Morgan fingerprint density at radius 2 is 1.76 bits per heavy atom. The van der Waals surface area contributed by atoms with Crippen molar-refractivity contribution in [2.45, 2.75) is 32.3 Å². The number of fused-ring (bicyclic) bond motifs is 1. The molecule has 2 aliphatic rings. The molecule has 1 amide bonds. The first-order valence-electron chi connectivity index (χ1n) is 10.6. The van der Waals surface area contributed by atoms with Crippen LogP contribution >= 0.6 is 0 Å². The quantitative estimate of drug-likeness (QED) is 0.662. The molecule has 2 atom stereocenters. The number of methoxy groups -OCH3 is 1. The van der Waals surface area contributed by atoms with E-state index in [0.29, 0.717) is 16.7 Å². The molecule has 1 aromatic carbocycles. The Kier molecular flexibility index (Phi) is 6.39. The van der Waals surface area contributed by atoms with Crippen molar-refractivity contribution in [1.82, 2.24) is 4.90 Å². The second-order valence-electron chi connectivity index (χ2n) is 9.17. The van der Waals surface area contributed by atoms with Gasteiger partial charge in [0.15, 0.2) is 5.41 Å². The molecule has 174 valence electrons. The van der Waals surface area contributed by atoms with Crippen LogP contribution in [0.1, 0.15) is 42.6 Å². The number of ether oxygens (including phenoxy) is 2. The largest absolute Gasteiger partial charge is 0.465 e. The fraction of sp³-hybridized carbons (Fsp3) is 0.400. The van der Waals surface area contributed by atoms with Crippen molar-refractivity contribution in [3.8, 4) is 18.2 Å². The molecule has 2 N–H and O–H groups in total. The van der Waals surface area contributed by atoms with E-state index in [9.17, 15) is 25.4 Å². The van der Waals surface area contributed by atoms with Crippen molar-refractivity contribution >= 4 is 12.1 Å². The summed E-state index contributed by atoms with van der Waals surface area (Å²) < 4.78 is 10.2. The van der Waals surface area contributed by atoms with Gasteiger partial charge >= 0.3 is 12.1 Å². The highest BCUT2D eigenvalue weighted by Crippen LogP contribution is 2.54. The molecule has 0 fully saturated rings. The number of allylic oxidation sites excluding steroid dienone is 2. The fourth-order valence-corrected chi connectivity index (χ4v) is 4.48. The molecule has 0 spiro atoms. The lowest BCUT2D eigenvalue weighted by Gasteiger charge is -2.45. The summed E-state index contributed by atoms with van der Waals surface area (Å²) in [4.78, 5) is 26.1. The van der Waals surface area contributed by atoms with E-state index in [1.807, 2.05) is 12.1 Å². The molecule has 2 unspecified atom stereocenters. The third-order valence-corrected chi connectivity index (χ3v) is 6.01. The minimum absolute atomic E-state index is 0.0827. The van der Waals surface area contributed by atoms with Crippen LogP contribution in [0.2, 0.25) is 0 Å². The Hall–Kier alpha value is -4.29. The van der Waals surface area contributed by atoms with Crippen molar-refractivity contribution in [2.24, 2.45) is 17.1 Å². The lowest BCUT2D eigenvalue weighted by Crippen LogP contribution is -2.50. The van der Waals surface area contributed by atoms with Gasteiger partial charge in [-0.25, -0.2) is 9.59 Å². The maximum Gasteiger partial charge on any atom is 0.410 e. The monoisotopic (exact) mass is 459 g/mol. The maximum absolute atomic E-state index is 12.8. The zero-order chi connectivity index (χ0) is 25.3. The number of esters is 1. The second-order valence-corrected chi connectivity index (χ2v) is 9.17. The fourth-order valence-electron chi connectivity index (χ4n) is 4.48. The molecule has 3 rings (SSSR count). The SMILES string of the molecule is COC(=O)c1ccc(C2C3CN(C(=O)OC(C)(C)C)CC=C3C(C#N)=C(N)C2(C#N)C#N)cc1. The zero-order valence-corrected chi connectivity index (χ0v) is 19.5. The van der Waals surface area contributed by atoms with E-state index in [0.717, 1.165) is 0 Å². The van der Waals surface area contributed by atoms with Gasteiger partial charge in [-0.3, -0.25) is 0 Å². The Morgan fingerprint density at radius 3 is 2.26 bits per heavy atom. The molecule has 1 aliphatic heterocycles. The molecule has 34 heavy (non-hydrogen) atoms. The molecule has 0 bridgehead atoms. The minimum Gasteiger partial charge on any atom is -0.465 e. The summed E-state index contributed by atoms with van der Waals surface area (Å²) in [5.41, 5.74) is 5.16. The minimum atomic E-state index is -1.85. The van der Waals surface area contributed by atoms with Gasteiger partial charge in [0.25, 0.3) is 0 Å². The number of rotatable bonds is 2. The van der Waals surface area contributed by atoms with Crippen LogP contribution in [-0.4, -0.2) is 42.8 Å². The van der Waals surface area contributed by atoms with Crippen molar-refractivity contribution in [1.29, 1.82) is 15.8 Å². The number of amides is 1. The second kappa shape index (κ2) is 8.92. The van der Waals surface area contributed by atoms with Crippen LogP contribution in [-0.2, 0) is 9.47 Å². The van der Waals surface area contributed by atoms with Gasteiger partial charge in [0.1, 0.15) is 11.7 Å². The van der Waals surface area contributed by atoms with Gasteiger partial charge < -0.3 is 20.1 Å². The Morgan fingerprint density at radius 1 is 1.15 bits per heavy atom. The first-order valence-corrected chi connectivity index (χ1v) is 10.6. The van der Waals surface area contributed by atoms with E-state index in [2.05, 4.69) is 6.07 Å². The number of carbonyl (C=O) groups excluding carboxylic acids is 2. The predicted octanol–water partition coefficient (Wildman–Crippen LogP) is 3.13. The number of hydrogen-bond donors (Lipinski definition) is 1. The maximum atomic E-state index is 12.8. The number of hydrogen-bond acceptors (Lipinski definition) is 8. The van der Waals surface area contributed by atoms with Gasteiger partial charge in [0.2, 0.25) is 0 Å². The molecule has 0 saturated heterocycles. The van der Waals surface area contributed by atoms with Crippen molar-refractivity contribution in [3.63, 3.8) is 0 Å². The molecule has 0 aromatic heterocycles. The van der Waals surface area contributed by atoms with Crippen LogP contribution in [0.15, 0.2) is 47.2 Å². The highest BCUT2D eigenvalue weighted by molar-refractivity contribution is 5.89. The van der Waals surface area contributed by atoms with E-state index in [-0.39, 0.29) is 24.4 Å². The summed E-state index contributed by atoms with van der Waals surface area (Å²) in [5.74, 6) is -1.91. The van der Waals surface area contributed by atoms with Crippen LogP contribution in [0.25, 0.3) is 0 Å². The molecule has 1 heterocycles. The zero-order valence-electron chi connectivity index (χ0n) is 19.5. The van der Waals surface area contributed by atoms with Gasteiger partial charge in [-0.1, -0.05) is 18.2 Å². The van der Waals surface area contributed by atoms with E-state index in [1.54, 1.807) is 39.0 Å². The smallest absolute Gasteiger partial charge is 0.410 e. The van der Waals surface area contributed by atoms with Crippen LogP contribution in [0.5, 0.6) is 0 Å². The first kappa shape index (κ1) is 24.4. The topological polar surface area (TPSA) is 153 Å². The van der Waals surface area contributed by atoms with Gasteiger partial charge in [0, 0.05) is 24.9 Å². The molecule has 9 heteroatoms. The number of benzene rings is 1.